The Morgan fingerprint density at radius 1 is 0.370 bits per heavy atom. The zero-order valence-electron chi connectivity index (χ0n) is 25.1. The highest BCUT2D eigenvalue weighted by Crippen LogP contribution is 2.47. The third-order valence-electron chi connectivity index (χ3n) is 9.06. The van der Waals surface area contributed by atoms with Crippen molar-refractivity contribution in [1.29, 1.82) is 0 Å². The molecule has 2 nitrogen and oxygen atoms in total. The molecule has 0 amide bonds. The van der Waals surface area contributed by atoms with Crippen LogP contribution in [0.2, 0.25) is 0 Å². The zero-order valence-corrected chi connectivity index (χ0v) is 25.1. The van der Waals surface area contributed by atoms with Gasteiger partial charge in [0.15, 0.2) is 0 Å². The quantitative estimate of drug-likeness (QED) is 0.199. The van der Waals surface area contributed by atoms with Crippen molar-refractivity contribution in [2.45, 2.75) is 0 Å². The first-order chi connectivity index (χ1) is 22.8. The Morgan fingerprint density at radius 2 is 0.978 bits per heavy atom. The van der Waals surface area contributed by atoms with E-state index in [-0.39, 0.29) is 0 Å². The molecule has 0 saturated carbocycles. The second-order valence-electron chi connectivity index (χ2n) is 11.7. The van der Waals surface area contributed by atoms with Crippen molar-refractivity contribution in [3.63, 3.8) is 0 Å². The van der Waals surface area contributed by atoms with Crippen molar-refractivity contribution in [1.82, 2.24) is 0 Å². The zero-order chi connectivity index (χ0) is 30.5. The van der Waals surface area contributed by atoms with Crippen LogP contribution in [0.5, 0.6) is 0 Å². The average molecular weight is 588 g/mol. The van der Waals surface area contributed by atoms with Gasteiger partial charge in [0.05, 0.1) is 11.4 Å². The van der Waals surface area contributed by atoms with E-state index in [1.54, 1.807) is 0 Å². The van der Waals surface area contributed by atoms with Gasteiger partial charge in [0.25, 0.3) is 0 Å². The third kappa shape index (κ3) is 4.27. The number of rotatable bonds is 5. The topological polar surface area (TPSA) is 16.4 Å². The first-order valence-electron chi connectivity index (χ1n) is 15.7. The lowest BCUT2D eigenvalue weighted by Crippen LogP contribution is -2.12. The molecule has 1 heterocycles. The van der Waals surface area contributed by atoms with E-state index in [9.17, 15) is 0 Å². The highest BCUT2D eigenvalue weighted by molar-refractivity contribution is 6.20. The molecular formula is C44H29NO. The second kappa shape index (κ2) is 10.8. The number of furan rings is 1. The van der Waals surface area contributed by atoms with Crippen molar-refractivity contribution in [2.24, 2.45) is 0 Å². The summed E-state index contributed by atoms with van der Waals surface area (Å²) in [6.45, 7) is 0. The molecule has 0 bridgehead atoms. The summed E-state index contributed by atoms with van der Waals surface area (Å²) in [5, 5.41) is 6.92. The van der Waals surface area contributed by atoms with Crippen LogP contribution in [-0.4, -0.2) is 0 Å². The number of para-hydroxylation sites is 2. The van der Waals surface area contributed by atoms with Crippen molar-refractivity contribution in [3.8, 4) is 22.3 Å². The molecule has 9 rings (SSSR count). The first-order valence-corrected chi connectivity index (χ1v) is 15.7. The van der Waals surface area contributed by atoms with Crippen LogP contribution < -0.4 is 4.90 Å². The molecule has 0 saturated heterocycles. The van der Waals surface area contributed by atoms with Crippen LogP contribution in [0.15, 0.2) is 180 Å². The molecule has 216 valence electrons. The summed E-state index contributed by atoms with van der Waals surface area (Å²) in [7, 11) is 0. The van der Waals surface area contributed by atoms with Gasteiger partial charge in [0, 0.05) is 32.8 Å². The molecule has 9 aromatic rings. The smallest absolute Gasteiger partial charge is 0.143 e. The van der Waals surface area contributed by atoms with Crippen LogP contribution >= 0.6 is 0 Å². The standard InChI is InChI=1S/C44H29NO/c1-2-13-30(14-3-1)31-25-27-33(28-26-31)45(41-23-10-8-18-36(41)35-22-12-16-32-15-4-5-17-34(32)35)42-29-40-38-20-9-11-24-43(38)46-44(40)39-21-7-6-19-37(39)42/h1-29H. The van der Waals surface area contributed by atoms with Crippen molar-refractivity contribution < 1.29 is 4.42 Å². The van der Waals surface area contributed by atoms with E-state index >= 15 is 0 Å². The van der Waals surface area contributed by atoms with E-state index in [2.05, 4.69) is 175 Å². The van der Waals surface area contributed by atoms with Crippen LogP contribution in [0.1, 0.15) is 0 Å². The number of fused-ring (bicyclic) bond motifs is 6. The number of hydrogen-bond donors (Lipinski definition) is 0. The Kier molecular flexibility index (Phi) is 6.17. The number of nitrogens with zero attached hydrogens (tertiary/aromatic N) is 1. The molecule has 8 aromatic carbocycles. The van der Waals surface area contributed by atoms with Crippen LogP contribution in [0, 0.1) is 0 Å². The minimum absolute atomic E-state index is 0.898. The van der Waals surface area contributed by atoms with Crippen LogP contribution in [-0.2, 0) is 0 Å². The lowest BCUT2D eigenvalue weighted by molar-refractivity contribution is 0.672. The summed E-state index contributed by atoms with van der Waals surface area (Å²) in [6, 6.07) is 62.8. The molecule has 2 heteroatoms. The molecule has 0 aliphatic heterocycles. The van der Waals surface area contributed by atoms with Gasteiger partial charge in [-0.2, -0.15) is 0 Å². The van der Waals surface area contributed by atoms with Gasteiger partial charge in [-0.1, -0.05) is 146 Å². The van der Waals surface area contributed by atoms with Crippen LogP contribution in [0.3, 0.4) is 0 Å². The van der Waals surface area contributed by atoms with Crippen molar-refractivity contribution in [3.05, 3.63) is 176 Å². The average Bonchev–Trinajstić information content (AvgIpc) is 3.51. The normalized spacial score (nSPS) is 11.5. The molecule has 0 N–H and O–H groups in total. The van der Waals surface area contributed by atoms with Gasteiger partial charge in [-0.3, -0.25) is 0 Å². The van der Waals surface area contributed by atoms with Crippen molar-refractivity contribution in [2.75, 3.05) is 4.90 Å². The molecule has 0 fully saturated rings. The summed E-state index contributed by atoms with van der Waals surface area (Å²) < 4.78 is 6.50. The first kappa shape index (κ1) is 26.3. The summed E-state index contributed by atoms with van der Waals surface area (Å²) in [5.74, 6) is 0. The van der Waals surface area contributed by atoms with Gasteiger partial charge < -0.3 is 9.32 Å². The Balaban J connectivity index is 1.35. The summed E-state index contributed by atoms with van der Waals surface area (Å²) >= 11 is 0. The van der Waals surface area contributed by atoms with Gasteiger partial charge in [-0.25, -0.2) is 0 Å². The predicted molar refractivity (Wildman–Crippen MR) is 194 cm³/mol. The minimum atomic E-state index is 0.898. The number of benzene rings is 8. The fourth-order valence-corrected chi connectivity index (χ4v) is 6.91. The van der Waals surface area contributed by atoms with E-state index in [1.165, 1.54) is 33.0 Å². The largest absolute Gasteiger partial charge is 0.455 e. The Bertz CT molecular complexity index is 2520. The van der Waals surface area contributed by atoms with E-state index in [0.717, 1.165) is 49.8 Å². The van der Waals surface area contributed by atoms with Gasteiger partial charge in [-0.05, 0) is 57.8 Å². The summed E-state index contributed by atoms with van der Waals surface area (Å²) in [6.07, 6.45) is 0. The maximum absolute atomic E-state index is 6.50. The lowest BCUT2D eigenvalue weighted by atomic mass is 9.95. The highest BCUT2D eigenvalue weighted by atomic mass is 16.3. The second-order valence-corrected chi connectivity index (χ2v) is 11.7. The molecule has 0 radical (unpaired) electrons. The van der Waals surface area contributed by atoms with Gasteiger partial charge in [-0.15, -0.1) is 0 Å². The molecule has 0 aliphatic rings. The Hall–Kier alpha value is -6.12. The van der Waals surface area contributed by atoms with E-state index in [4.69, 9.17) is 4.42 Å². The van der Waals surface area contributed by atoms with E-state index in [1.807, 2.05) is 6.07 Å². The fourth-order valence-electron chi connectivity index (χ4n) is 6.91. The molecule has 0 aliphatic carbocycles. The monoisotopic (exact) mass is 587 g/mol. The van der Waals surface area contributed by atoms with Crippen LogP contribution in [0.4, 0.5) is 17.1 Å². The van der Waals surface area contributed by atoms with Gasteiger partial charge in [0.2, 0.25) is 0 Å². The highest BCUT2D eigenvalue weighted by Gasteiger charge is 2.23. The maximum atomic E-state index is 6.50. The molecule has 1 aromatic heterocycles. The summed E-state index contributed by atoms with van der Waals surface area (Å²) in [5.41, 5.74) is 9.90. The van der Waals surface area contributed by atoms with E-state index in [0.29, 0.717) is 0 Å². The molecule has 0 unspecified atom stereocenters. The van der Waals surface area contributed by atoms with Crippen molar-refractivity contribution >= 4 is 60.5 Å². The predicted octanol–water partition coefficient (Wildman–Crippen LogP) is 12.7. The minimum Gasteiger partial charge on any atom is -0.455 e. The third-order valence-corrected chi connectivity index (χ3v) is 9.06. The fraction of sp³-hybridized carbons (Fsp3) is 0. The Morgan fingerprint density at radius 3 is 1.83 bits per heavy atom. The maximum Gasteiger partial charge on any atom is 0.143 e. The molecular weight excluding hydrogens is 558 g/mol. The van der Waals surface area contributed by atoms with Crippen LogP contribution in [0.25, 0.3) is 65.7 Å². The van der Waals surface area contributed by atoms with Gasteiger partial charge >= 0.3 is 0 Å². The lowest BCUT2D eigenvalue weighted by Gasteiger charge is -2.29. The number of hydrogen-bond acceptors (Lipinski definition) is 2. The van der Waals surface area contributed by atoms with E-state index < -0.39 is 0 Å². The molecule has 46 heavy (non-hydrogen) atoms. The SMILES string of the molecule is c1ccc(-c2ccc(N(c3ccccc3-c3cccc4ccccc34)c3cc4c5ccccc5oc4c4ccccc34)cc2)cc1. The Labute approximate surface area is 267 Å². The number of anilines is 3. The van der Waals surface area contributed by atoms with Gasteiger partial charge in [0.1, 0.15) is 11.2 Å². The molecule has 0 atom stereocenters. The molecule has 0 spiro atoms. The summed E-state index contributed by atoms with van der Waals surface area (Å²) in [4.78, 5) is 2.43.